The van der Waals surface area contributed by atoms with Gasteiger partial charge in [-0.15, -0.1) is 0 Å². The molecule has 0 saturated heterocycles. The lowest BCUT2D eigenvalue weighted by molar-refractivity contribution is 0.419. The Morgan fingerprint density at radius 2 is 1.88 bits per heavy atom. The summed E-state index contributed by atoms with van der Waals surface area (Å²) in [6.45, 7) is 6.00. The van der Waals surface area contributed by atoms with Crippen molar-refractivity contribution >= 4 is 8.32 Å². The van der Waals surface area contributed by atoms with Crippen LogP contribution in [0.15, 0.2) is 0 Å². The molecule has 0 bridgehead atoms. The normalized spacial score (nSPS) is 18.0. The summed E-state index contributed by atoms with van der Waals surface area (Å²) in [6, 6.07) is 1.84. The van der Waals surface area contributed by atoms with E-state index >= 15 is 0 Å². The molecule has 0 saturated carbocycles. The highest BCUT2D eigenvalue weighted by Crippen LogP contribution is 2.12. The van der Waals surface area contributed by atoms with E-state index < -0.39 is 8.32 Å². The van der Waals surface area contributed by atoms with Gasteiger partial charge in [-0.25, -0.2) is 0 Å². The third kappa shape index (κ3) is 3.21. The van der Waals surface area contributed by atoms with Crippen LogP contribution >= 0.6 is 0 Å². The molecular formula is C6H15OSi. The zero-order valence-corrected chi connectivity index (χ0v) is 7.03. The molecule has 49 valence electrons. The van der Waals surface area contributed by atoms with Gasteiger partial charge in [0, 0.05) is 0 Å². The van der Waals surface area contributed by atoms with E-state index in [9.17, 15) is 4.80 Å². The minimum Gasteiger partial charge on any atom is -0.298 e. The summed E-state index contributed by atoms with van der Waals surface area (Å²) in [6.07, 6.45) is 1.07. The van der Waals surface area contributed by atoms with Crippen molar-refractivity contribution in [1.82, 2.24) is 0 Å². The minimum absolute atomic E-state index is 0.890. The van der Waals surface area contributed by atoms with Crippen LogP contribution in [0.5, 0.6) is 0 Å². The van der Waals surface area contributed by atoms with Gasteiger partial charge in [-0.2, -0.15) is 0 Å². The third-order valence-electron chi connectivity index (χ3n) is 1.53. The smallest absolute Gasteiger partial charge is 0.234 e. The van der Waals surface area contributed by atoms with Crippen molar-refractivity contribution in [3.8, 4) is 0 Å². The molecule has 0 heterocycles. The fourth-order valence-electron chi connectivity index (χ4n) is 0.706. The molecule has 0 amide bonds. The van der Waals surface area contributed by atoms with Crippen molar-refractivity contribution in [2.45, 2.75) is 38.9 Å². The van der Waals surface area contributed by atoms with Crippen molar-refractivity contribution in [3.05, 3.63) is 0 Å². The molecule has 1 radical (unpaired) electrons. The Labute approximate surface area is 52.9 Å². The summed E-state index contributed by atoms with van der Waals surface area (Å²) in [5, 5.41) is 0. The molecule has 1 atom stereocenters. The van der Waals surface area contributed by atoms with Gasteiger partial charge < -0.3 is 0 Å². The third-order valence-corrected chi connectivity index (χ3v) is 4.58. The van der Waals surface area contributed by atoms with Gasteiger partial charge in [-0.05, 0) is 18.6 Å². The fourth-order valence-corrected chi connectivity index (χ4v) is 2.12. The first-order valence-electron chi connectivity index (χ1n) is 3.33. The zero-order chi connectivity index (χ0) is 6.62. The number of rotatable bonds is 3. The summed E-state index contributed by atoms with van der Waals surface area (Å²) >= 11 is 0. The van der Waals surface area contributed by atoms with Crippen LogP contribution in [0.2, 0.25) is 18.6 Å². The minimum atomic E-state index is -1.93. The van der Waals surface area contributed by atoms with E-state index in [0.717, 1.165) is 18.5 Å². The Morgan fingerprint density at radius 1 is 1.38 bits per heavy atom. The second-order valence-corrected chi connectivity index (χ2v) is 6.66. The maximum absolute atomic E-state index is 11.2. The lowest BCUT2D eigenvalue weighted by Gasteiger charge is -2.11. The average Bonchev–Trinajstić information content (AvgIpc) is 1.67. The van der Waals surface area contributed by atoms with Gasteiger partial charge in [0.25, 0.3) is 0 Å². The molecule has 0 aliphatic carbocycles. The SMILES string of the molecule is CCC[Si](C)([O])CC. The summed E-state index contributed by atoms with van der Waals surface area (Å²) in [4.78, 5) is 11.2. The predicted molar refractivity (Wildman–Crippen MR) is 37.9 cm³/mol. The number of hydrogen-bond acceptors (Lipinski definition) is 0. The molecule has 0 rings (SSSR count). The van der Waals surface area contributed by atoms with Crippen molar-refractivity contribution in [1.29, 1.82) is 0 Å². The van der Waals surface area contributed by atoms with E-state index in [-0.39, 0.29) is 0 Å². The molecular weight excluding hydrogens is 116 g/mol. The van der Waals surface area contributed by atoms with Crippen molar-refractivity contribution in [2.24, 2.45) is 0 Å². The summed E-state index contributed by atoms with van der Waals surface area (Å²) in [5.41, 5.74) is 0. The van der Waals surface area contributed by atoms with E-state index in [0.29, 0.717) is 0 Å². The Kier molecular flexibility index (Phi) is 3.32. The quantitative estimate of drug-likeness (QED) is 0.524. The van der Waals surface area contributed by atoms with Crippen molar-refractivity contribution < 1.29 is 4.80 Å². The summed E-state index contributed by atoms with van der Waals surface area (Å²) < 4.78 is 0. The molecule has 0 aliphatic heterocycles. The molecule has 0 fully saturated rings. The molecule has 0 spiro atoms. The first-order chi connectivity index (χ1) is 3.62. The van der Waals surface area contributed by atoms with Crippen LogP contribution in [0.25, 0.3) is 0 Å². The molecule has 8 heavy (non-hydrogen) atoms. The highest BCUT2D eigenvalue weighted by atomic mass is 28.4. The zero-order valence-electron chi connectivity index (χ0n) is 6.03. The Bertz CT molecular complexity index is 61.5. The fraction of sp³-hybridized carbons (Fsp3) is 1.00. The topological polar surface area (TPSA) is 19.9 Å². The number of hydrogen-bond donors (Lipinski definition) is 0. The Balaban J connectivity index is 3.37. The molecule has 0 aromatic carbocycles. The highest BCUT2D eigenvalue weighted by Gasteiger charge is 2.22. The van der Waals surface area contributed by atoms with Gasteiger partial charge in [-0.3, -0.25) is 4.80 Å². The largest absolute Gasteiger partial charge is 0.298 e. The first-order valence-corrected chi connectivity index (χ1v) is 6.15. The van der Waals surface area contributed by atoms with E-state index in [4.69, 9.17) is 0 Å². The van der Waals surface area contributed by atoms with Gasteiger partial charge >= 0.3 is 0 Å². The van der Waals surface area contributed by atoms with Crippen molar-refractivity contribution in [2.75, 3.05) is 0 Å². The van der Waals surface area contributed by atoms with Crippen LogP contribution in [-0.2, 0) is 4.80 Å². The monoisotopic (exact) mass is 131 g/mol. The van der Waals surface area contributed by atoms with Crippen LogP contribution < -0.4 is 0 Å². The molecule has 2 heteroatoms. The highest BCUT2D eigenvalue weighted by molar-refractivity contribution is 6.70. The van der Waals surface area contributed by atoms with Crippen LogP contribution in [0.1, 0.15) is 20.3 Å². The molecule has 0 aromatic heterocycles. The van der Waals surface area contributed by atoms with Crippen LogP contribution in [0, 0.1) is 0 Å². The van der Waals surface area contributed by atoms with Gasteiger partial charge in [0.05, 0.1) is 0 Å². The average molecular weight is 131 g/mol. The lowest BCUT2D eigenvalue weighted by Crippen LogP contribution is -2.25. The van der Waals surface area contributed by atoms with Gasteiger partial charge in [0.1, 0.15) is 0 Å². The van der Waals surface area contributed by atoms with E-state index in [1.807, 2.05) is 13.5 Å². The second-order valence-electron chi connectivity index (χ2n) is 2.55. The van der Waals surface area contributed by atoms with Crippen molar-refractivity contribution in [3.63, 3.8) is 0 Å². The first kappa shape index (κ1) is 8.18. The maximum atomic E-state index is 11.2. The Morgan fingerprint density at radius 3 is 2.00 bits per heavy atom. The van der Waals surface area contributed by atoms with E-state index in [2.05, 4.69) is 6.92 Å². The van der Waals surface area contributed by atoms with Gasteiger partial charge in [0.2, 0.25) is 8.32 Å². The maximum Gasteiger partial charge on any atom is 0.234 e. The second kappa shape index (κ2) is 3.25. The predicted octanol–water partition coefficient (Wildman–Crippen LogP) is 2.42. The molecule has 0 aliphatic rings. The molecule has 0 aromatic rings. The van der Waals surface area contributed by atoms with Gasteiger partial charge in [-0.1, -0.05) is 20.3 Å². The molecule has 1 unspecified atom stereocenters. The van der Waals surface area contributed by atoms with Gasteiger partial charge in [0.15, 0.2) is 0 Å². The van der Waals surface area contributed by atoms with Crippen LogP contribution in [0.3, 0.4) is 0 Å². The molecule has 1 nitrogen and oxygen atoms in total. The van der Waals surface area contributed by atoms with Crippen LogP contribution in [0.4, 0.5) is 0 Å². The Hall–Kier alpha value is 0.177. The van der Waals surface area contributed by atoms with Crippen LogP contribution in [-0.4, -0.2) is 8.32 Å². The van der Waals surface area contributed by atoms with E-state index in [1.165, 1.54) is 0 Å². The summed E-state index contributed by atoms with van der Waals surface area (Å²) in [7, 11) is -1.93. The summed E-state index contributed by atoms with van der Waals surface area (Å²) in [5.74, 6) is 0. The van der Waals surface area contributed by atoms with E-state index in [1.54, 1.807) is 0 Å². The molecule has 0 N–H and O–H groups in total. The lowest BCUT2D eigenvalue weighted by atomic mass is 10.6. The standard InChI is InChI=1S/C6H15OSi/c1-4-6-8(3,7)5-2/h4-6H2,1-3H3.